The van der Waals surface area contributed by atoms with E-state index >= 15 is 0 Å². The molecule has 0 bridgehead atoms. The molecule has 0 atom stereocenters. The lowest BCUT2D eigenvalue weighted by Crippen LogP contribution is -2.26. The molecule has 332 valence electrons. The molecule has 70 heavy (non-hydrogen) atoms. The Labute approximate surface area is 410 Å². The molecule has 0 saturated heterocycles. The van der Waals surface area contributed by atoms with Gasteiger partial charge in [-0.25, -0.2) is 0 Å². The molecule has 0 fully saturated rings. The Bertz CT molecular complexity index is 4220. The third-order valence-electron chi connectivity index (χ3n) is 14.7. The van der Waals surface area contributed by atoms with Gasteiger partial charge in [0.05, 0.1) is 27.8 Å². The maximum absolute atomic E-state index is 2.47. The highest BCUT2D eigenvalue weighted by atomic mass is 32.1. The van der Waals surface area contributed by atoms with Crippen molar-refractivity contribution < 1.29 is 0 Å². The molecule has 0 aliphatic heterocycles. The fourth-order valence-electron chi connectivity index (χ4n) is 11.5. The van der Waals surface area contributed by atoms with Gasteiger partial charge < -0.3 is 14.0 Å². The van der Waals surface area contributed by atoms with Crippen molar-refractivity contribution in [2.45, 2.75) is 25.7 Å². The van der Waals surface area contributed by atoms with Crippen molar-refractivity contribution in [1.82, 2.24) is 9.13 Å². The zero-order valence-corrected chi connectivity index (χ0v) is 39.4. The summed E-state index contributed by atoms with van der Waals surface area (Å²) in [5.74, 6) is 0. The van der Waals surface area contributed by atoms with Crippen molar-refractivity contribution in [3.8, 4) is 27.9 Å². The Balaban J connectivity index is 0.896. The van der Waals surface area contributed by atoms with E-state index in [-0.39, 0.29) is 0 Å². The average Bonchev–Trinajstić information content (AvgIpc) is 4.10. The molecule has 0 amide bonds. The number of anilines is 3. The van der Waals surface area contributed by atoms with Crippen LogP contribution in [0.2, 0.25) is 0 Å². The normalized spacial score (nSPS) is 13.6. The quantitative estimate of drug-likeness (QED) is 0.148. The summed E-state index contributed by atoms with van der Waals surface area (Å²) in [5, 5.41) is 7.82. The van der Waals surface area contributed by atoms with E-state index in [1.165, 1.54) is 114 Å². The first kappa shape index (κ1) is 40.6. The Kier molecular flexibility index (Phi) is 9.67. The largest absolute Gasteiger partial charge is 0.313 e. The number of nitrogens with zero attached hydrogens (tertiary/aromatic N) is 3. The molecule has 3 nitrogen and oxygen atoms in total. The van der Waals surface area contributed by atoms with E-state index in [2.05, 4.69) is 251 Å². The van der Waals surface area contributed by atoms with E-state index in [1.54, 1.807) is 0 Å². The van der Waals surface area contributed by atoms with E-state index in [0.717, 1.165) is 37.1 Å². The fourth-order valence-corrected chi connectivity index (χ4v) is 12.7. The van der Waals surface area contributed by atoms with E-state index in [9.17, 15) is 0 Å². The van der Waals surface area contributed by atoms with Crippen LogP contribution in [0.4, 0.5) is 17.1 Å². The zero-order chi connectivity index (χ0) is 46.1. The number of hydrogen-bond acceptors (Lipinski definition) is 2. The van der Waals surface area contributed by atoms with Crippen LogP contribution in [0.15, 0.2) is 231 Å². The molecule has 4 heteroatoms. The Morgan fingerprint density at radius 2 is 0.986 bits per heavy atom. The van der Waals surface area contributed by atoms with Crippen molar-refractivity contribution in [3.05, 3.63) is 246 Å². The second kappa shape index (κ2) is 16.7. The summed E-state index contributed by atoms with van der Waals surface area (Å²) in [6.07, 6.45) is 13.3. The second-order valence-corrected chi connectivity index (χ2v) is 19.7. The molecular formula is C66H47N3S. The van der Waals surface area contributed by atoms with Gasteiger partial charge in [-0.1, -0.05) is 146 Å². The van der Waals surface area contributed by atoms with E-state index in [0.29, 0.717) is 0 Å². The van der Waals surface area contributed by atoms with Gasteiger partial charge in [-0.15, -0.1) is 11.3 Å². The number of hydrogen-bond donors (Lipinski definition) is 0. The maximum atomic E-state index is 2.47. The summed E-state index contributed by atoms with van der Waals surface area (Å²) in [4.78, 5) is 2.47. The minimum Gasteiger partial charge on any atom is -0.313 e. The summed E-state index contributed by atoms with van der Waals surface area (Å²) >= 11 is 1.92. The van der Waals surface area contributed by atoms with Crippen molar-refractivity contribution in [2.24, 2.45) is 0 Å². The number of allylic oxidation sites excluding steroid dienone is 4. The van der Waals surface area contributed by atoms with E-state index in [4.69, 9.17) is 0 Å². The lowest BCUT2D eigenvalue weighted by molar-refractivity contribution is 0.979. The lowest BCUT2D eigenvalue weighted by Gasteiger charge is -2.29. The minimum atomic E-state index is 0.993. The molecule has 0 N–H and O–H groups in total. The molecule has 14 rings (SSSR count). The molecule has 0 spiro atoms. The van der Waals surface area contributed by atoms with Gasteiger partial charge in [0.15, 0.2) is 0 Å². The van der Waals surface area contributed by atoms with Crippen LogP contribution in [0.25, 0.3) is 99.0 Å². The summed E-state index contributed by atoms with van der Waals surface area (Å²) < 4.78 is 7.58. The van der Waals surface area contributed by atoms with Crippen LogP contribution >= 0.6 is 11.3 Å². The highest BCUT2D eigenvalue weighted by molar-refractivity contribution is 7.17. The zero-order valence-electron chi connectivity index (χ0n) is 38.6. The SMILES string of the molecule is C1=CCCC(n2c3ccccc3c3cc(-c4ccc(N(c5ccc(-c6ccc7c(c6)c6ccccc6n7-c6ccccc6)cc5)c5ccccc5C5=c6c(sc7ccccc67)=CCC5)cc4)ccc32)=C1. The Morgan fingerprint density at radius 1 is 0.429 bits per heavy atom. The minimum absolute atomic E-state index is 0.993. The molecule has 0 unspecified atom stereocenters. The van der Waals surface area contributed by atoms with E-state index in [1.807, 2.05) is 11.3 Å². The van der Waals surface area contributed by atoms with Crippen LogP contribution in [0.3, 0.4) is 0 Å². The molecular weight excluding hydrogens is 867 g/mol. The van der Waals surface area contributed by atoms with Crippen molar-refractivity contribution >= 4 is 99.4 Å². The molecule has 2 aliphatic rings. The van der Waals surface area contributed by atoms with E-state index < -0.39 is 0 Å². The Morgan fingerprint density at radius 3 is 1.66 bits per heavy atom. The van der Waals surface area contributed by atoms with Gasteiger partial charge in [-0.05, 0) is 145 Å². The molecule has 12 aromatic rings. The number of rotatable bonds is 8. The van der Waals surface area contributed by atoms with Gasteiger partial charge in [-0.2, -0.15) is 0 Å². The summed E-state index contributed by atoms with van der Waals surface area (Å²) in [7, 11) is 0. The standard InChI is InChI=1S/C66H47N3S/c1-3-16-48(17-4-1)68-60-26-12-8-21-53(60)57-42-46(34-40-62(57)68)44-30-36-50(37-31-44)67(59-25-11-7-20-52(59)55-24-15-29-65-66(55)56-23-10-14-28-64(56)70-65)51-38-32-45(33-39-51)47-35-41-63-58(43-47)54-22-9-13-27-61(54)69(63)49-18-5-2-6-19-49/h1-5,7-14,16-18,20-23,25-43H,6,15,19,24H2. The number of para-hydroxylation sites is 4. The smallest absolute Gasteiger partial charge is 0.0541 e. The first-order chi connectivity index (χ1) is 34.7. The monoisotopic (exact) mass is 913 g/mol. The highest BCUT2D eigenvalue weighted by Gasteiger charge is 2.22. The lowest BCUT2D eigenvalue weighted by atomic mass is 9.92. The van der Waals surface area contributed by atoms with Crippen LogP contribution in [0.5, 0.6) is 0 Å². The van der Waals surface area contributed by atoms with Crippen LogP contribution in [0.1, 0.15) is 31.2 Å². The third-order valence-corrected chi connectivity index (χ3v) is 15.8. The molecule has 9 aromatic carbocycles. The van der Waals surface area contributed by atoms with Gasteiger partial charge in [0.25, 0.3) is 0 Å². The van der Waals surface area contributed by atoms with Gasteiger partial charge >= 0.3 is 0 Å². The highest BCUT2D eigenvalue weighted by Crippen LogP contribution is 2.43. The topological polar surface area (TPSA) is 13.1 Å². The van der Waals surface area contributed by atoms with Gasteiger partial charge in [0.2, 0.25) is 0 Å². The average molecular weight is 914 g/mol. The first-order valence-electron chi connectivity index (χ1n) is 24.5. The summed E-state index contributed by atoms with van der Waals surface area (Å²) in [5.41, 5.74) is 18.4. The van der Waals surface area contributed by atoms with Crippen LogP contribution in [-0.2, 0) is 0 Å². The van der Waals surface area contributed by atoms with Gasteiger partial charge in [0.1, 0.15) is 0 Å². The molecule has 3 heterocycles. The van der Waals surface area contributed by atoms with Crippen molar-refractivity contribution in [2.75, 3.05) is 4.90 Å². The Hall–Kier alpha value is -8.44. The molecule has 2 aliphatic carbocycles. The molecule has 0 radical (unpaired) electrons. The molecule has 3 aromatic heterocycles. The summed E-state index contributed by atoms with van der Waals surface area (Å²) in [6.45, 7) is 0. The molecule has 0 saturated carbocycles. The number of benzene rings is 9. The fraction of sp³-hybridized carbons (Fsp3) is 0.0606. The van der Waals surface area contributed by atoms with Crippen LogP contribution < -0.4 is 14.7 Å². The third kappa shape index (κ3) is 6.63. The van der Waals surface area contributed by atoms with Crippen LogP contribution in [0, 0.1) is 0 Å². The first-order valence-corrected chi connectivity index (χ1v) is 25.3. The van der Waals surface area contributed by atoms with Crippen molar-refractivity contribution in [1.29, 1.82) is 0 Å². The predicted molar refractivity (Wildman–Crippen MR) is 299 cm³/mol. The van der Waals surface area contributed by atoms with Gasteiger partial charge in [-0.3, -0.25) is 0 Å². The number of fused-ring (bicyclic) bond motifs is 9. The number of thiophene rings is 1. The maximum Gasteiger partial charge on any atom is 0.0541 e. The van der Waals surface area contributed by atoms with Crippen LogP contribution in [-0.4, -0.2) is 9.13 Å². The van der Waals surface area contributed by atoms with Crippen molar-refractivity contribution in [3.63, 3.8) is 0 Å². The van der Waals surface area contributed by atoms with Gasteiger partial charge in [0, 0.05) is 69.7 Å². The predicted octanol–water partition coefficient (Wildman–Crippen LogP) is 16.9. The summed E-state index contributed by atoms with van der Waals surface area (Å²) in [6, 6.07) is 78.7. The number of aromatic nitrogens is 2. The second-order valence-electron chi connectivity index (χ2n) is 18.6.